The number of rotatable bonds is 4. The molecule has 1 aromatic heterocycles. The zero-order chi connectivity index (χ0) is 14.1. The number of hydrogen-bond acceptors (Lipinski definition) is 5. The number of halogens is 1. The Morgan fingerprint density at radius 2 is 2.10 bits per heavy atom. The van der Waals surface area contributed by atoms with E-state index in [1.165, 1.54) is 6.07 Å². The Bertz CT molecular complexity index is 473. The molecule has 0 radical (unpaired) electrons. The molecule has 2 saturated heterocycles. The highest BCUT2D eigenvalue weighted by molar-refractivity contribution is 5.43. The van der Waals surface area contributed by atoms with Gasteiger partial charge in [0.2, 0.25) is 0 Å². The number of aromatic nitrogens is 1. The van der Waals surface area contributed by atoms with Gasteiger partial charge in [-0.25, -0.2) is 9.37 Å². The highest BCUT2D eigenvalue weighted by atomic mass is 19.1. The van der Waals surface area contributed by atoms with Crippen LogP contribution in [0, 0.1) is 5.82 Å². The Kier molecular flexibility index (Phi) is 3.87. The van der Waals surface area contributed by atoms with E-state index in [0.29, 0.717) is 23.5 Å². The molecular weight excluding hydrogens is 261 g/mol. The summed E-state index contributed by atoms with van der Waals surface area (Å²) in [5, 5.41) is 21.7. The molecule has 3 rings (SSSR count). The number of fused-ring (bicyclic) bond motifs is 2. The first-order chi connectivity index (χ1) is 9.65. The maximum absolute atomic E-state index is 14.2. The van der Waals surface area contributed by atoms with Gasteiger partial charge in [0.25, 0.3) is 0 Å². The largest absolute Gasteiger partial charge is 0.394 e. The molecule has 2 bridgehead atoms. The first kappa shape index (κ1) is 13.7. The predicted octanol–water partition coefficient (Wildman–Crippen LogP) is 0.0570. The Morgan fingerprint density at radius 3 is 2.70 bits per heavy atom. The minimum atomic E-state index is -0.864. The maximum atomic E-state index is 14.2. The highest BCUT2D eigenvalue weighted by Gasteiger charge is 2.33. The number of piperazine rings is 1. The molecule has 2 aliphatic heterocycles. The first-order valence-electron chi connectivity index (χ1n) is 7.10. The van der Waals surface area contributed by atoms with E-state index in [4.69, 9.17) is 5.11 Å². The molecule has 0 aromatic carbocycles. The Balaban J connectivity index is 1.74. The number of aliphatic hydroxyl groups excluding tert-OH is 2. The summed E-state index contributed by atoms with van der Waals surface area (Å²) in [6.45, 7) is 1.25. The normalized spacial score (nSPS) is 26.9. The van der Waals surface area contributed by atoms with Crippen LogP contribution in [-0.4, -0.2) is 53.1 Å². The summed E-state index contributed by atoms with van der Waals surface area (Å²) in [5.41, 5.74) is 0.603. The number of aliphatic hydroxyl groups is 2. The Labute approximate surface area is 117 Å². The second kappa shape index (κ2) is 5.63. The van der Waals surface area contributed by atoms with Crippen molar-refractivity contribution in [2.24, 2.45) is 0 Å². The molecule has 5 nitrogen and oxygen atoms in total. The number of hydrogen-bond donors (Lipinski definition) is 3. The van der Waals surface area contributed by atoms with E-state index >= 15 is 0 Å². The molecule has 110 valence electrons. The molecule has 2 fully saturated rings. The van der Waals surface area contributed by atoms with Gasteiger partial charge < -0.3 is 20.4 Å². The van der Waals surface area contributed by atoms with E-state index in [2.05, 4.69) is 10.3 Å². The Morgan fingerprint density at radius 1 is 1.40 bits per heavy atom. The maximum Gasteiger partial charge on any atom is 0.165 e. The lowest BCUT2D eigenvalue weighted by molar-refractivity contribution is 0.0954. The molecular formula is C14H20FN3O2. The van der Waals surface area contributed by atoms with Gasteiger partial charge in [-0.3, -0.25) is 0 Å². The van der Waals surface area contributed by atoms with Crippen LogP contribution in [0.3, 0.4) is 0 Å². The van der Waals surface area contributed by atoms with Crippen molar-refractivity contribution in [3.05, 3.63) is 23.6 Å². The third-order valence-electron chi connectivity index (χ3n) is 4.08. The summed E-state index contributed by atoms with van der Waals surface area (Å²) in [7, 11) is 0. The lowest BCUT2D eigenvalue weighted by atomic mass is 10.1. The molecule has 3 N–H and O–H groups in total. The third kappa shape index (κ3) is 2.77. The van der Waals surface area contributed by atoms with Crippen molar-refractivity contribution in [2.45, 2.75) is 37.5 Å². The van der Waals surface area contributed by atoms with Crippen molar-refractivity contribution >= 4 is 5.82 Å². The number of anilines is 1. The molecule has 0 aliphatic carbocycles. The van der Waals surface area contributed by atoms with Crippen LogP contribution in [0.5, 0.6) is 0 Å². The second-order valence-electron chi connectivity index (χ2n) is 5.73. The molecule has 0 amide bonds. The third-order valence-corrected chi connectivity index (χ3v) is 4.08. The summed E-state index contributed by atoms with van der Waals surface area (Å²) in [6.07, 6.45) is 3.22. The molecule has 2 aliphatic rings. The van der Waals surface area contributed by atoms with Crippen LogP contribution in [0.25, 0.3) is 0 Å². The molecule has 20 heavy (non-hydrogen) atoms. The van der Waals surface area contributed by atoms with Gasteiger partial charge in [0.05, 0.1) is 12.7 Å². The topological polar surface area (TPSA) is 68.6 Å². The van der Waals surface area contributed by atoms with Gasteiger partial charge in [0, 0.05) is 37.8 Å². The molecule has 1 aromatic rings. The second-order valence-corrected chi connectivity index (χ2v) is 5.73. The van der Waals surface area contributed by atoms with Crippen LogP contribution < -0.4 is 10.2 Å². The van der Waals surface area contributed by atoms with Crippen LogP contribution in [0.1, 0.15) is 18.4 Å². The van der Waals surface area contributed by atoms with Crippen LogP contribution in [0.4, 0.5) is 10.2 Å². The van der Waals surface area contributed by atoms with Crippen molar-refractivity contribution < 1.29 is 14.6 Å². The average Bonchev–Trinajstić information content (AvgIpc) is 2.77. The fourth-order valence-electron chi connectivity index (χ4n) is 3.12. The minimum Gasteiger partial charge on any atom is -0.394 e. The first-order valence-corrected chi connectivity index (χ1v) is 7.10. The molecule has 0 spiro atoms. The van der Waals surface area contributed by atoms with Crippen LogP contribution in [0.2, 0.25) is 0 Å². The van der Waals surface area contributed by atoms with Crippen LogP contribution >= 0.6 is 0 Å². The van der Waals surface area contributed by atoms with Gasteiger partial charge in [0.1, 0.15) is 0 Å². The van der Waals surface area contributed by atoms with Gasteiger partial charge in [-0.1, -0.05) is 0 Å². The average molecular weight is 281 g/mol. The van der Waals surface area contributed by atoms with E-state index < -0.39 is 6.10 Å². The predicted molar refractivity (Wildman–Crippen MR) is 73.2 cm³/mol. The number of nitrogens with zero attached hydrogens (tertiary/aromatic N) is 2. The highest BCUT2D eigenvalue weighted by Crippen LogP contribution is 2.26. The zero-order valence-electron chi connectivity index (χ0n) is 11.3. The zero-order valence-corrected chi connectivity index (χ0v) is 11.3. The summed E-state index contributed by atoms with van der Waals surface area (Å²) < 4.78 is 14.2. The minimum absolute atomic E-state index is 0.216. The summed E-state index contributed by atoms with van der Waals surface area (Å²) in [6, 6.07) is 2.28. The van der Waals surface area contributed by atoms with Crippen molar-refractivity contribution in [3.8, 4) is 0 Å². The van der Waals surface area contributed by atoms with Gasteiger partial charge in [-0.05, 0) is 24.5 Å². The van der Waals surface area contributed by atoms with Crippen molar-refractivity contribution in [3.63, 3.8) is 0 Å². The molecule has 6 heteroatoms. The molecule has 0 saturated carbocycles. The van der Waals surface area contributed by atoms with E-state index in [9.17, 15) is 9.50 Å². The summed E-state index contributed by atoms with van der Waals surface area (Å²) >= 11 is 0. The van der Waals surface area contributed by atoms with Crippen LogP contribution in [-0.2, 0) is 6.42 Å². The van der Waals surface area contributed by atoms with Gasteiger partial charge in [-0.15, -0.1) is 0 Å². The summed E-state index contributed by atoms with van der Waals surface area (Å²) in [5.74, 6) is 0.0413. The van der Waals surface area contributed by atoms with E-state index in [1.54, 1.807) is 6.20 Å². The fraction of sp³-hybridized carbons (Fsp3) is 0.643. The smallest absolute Gasteiger partial charge is 0.165 e. The fourth-order valence-corrected chi connectivity index (χ4v) is 3.12. The SMILES string of the molecule is OC[C@H](O)Cc1cnc(N2CC3CCC(C2)N3)c(F)c1. The van der Waals surface area contributed by atoms with Crippen molar-refractivity contribution in [1.82, 2.24) is 10.3 Å². The monoisotopic (exact) mass is 281 g/mol. The molecule has 3 heterocycles. The van der Waals surface area contributed by atoms with Gasteiger partial charge in [-0.2, -0.15) is 0 Å². The Hall–Kier alpha value is -1.24. The lowest BCUT2D eigenvalue weighted by Crippen LogP contribution is -2.51. The van der Waals surface area contributed by atoms with E-state index in [-0.39, 0.29) is 18.8 Å². The van der Waals surface area contributed by atoms with Gasteiger partial charge >= 0.3 is 0 Å². The van der Waals surface area contributed by atoms with Crippen molar-refractivity contribution in [2.75, 3.05) is 24.6 Å². The molecule has 3 atom stereocenters. The van der Waals surface area contributed by atoms with E-state index in [0.717, 1.165) is 25.9 Å². The lowest BCUT2D eigenvalue weighted by Gasteiger charge is -2.33. The van der Waals surface area contributed by atoms with E-state index in [1.807, 2.05) is 4.90 Å². The number of nitrogens with one attached hydrogen (secondary N) is 1. The number of pyridine rings is 1. The standard InChI is InChI=1S/C14H20FN3O2/c15-13-4-9(3-12(20)8-19)5-16-14(13)18-6-10-1-2-11(7-18)17-10/h4-5,10-12,17,19-20H,1-3,6-8H2/t10?,11?,12-/m1/s1. The summed E-state index contributed by atoms with van der Waals surface area (Å²) in [4.78, 5) is 6.22. The quantitative estimate of drug-likeness (QED) is 0.728. The van der Waals surface area contributed by atoms with Crippen LogP contribution in [0.15, 0.2) is 12.3 Å². The molecule has 2 unspecified atom stereocenters. The van der Waals surface area contributed by atoms with Gasteiger partial charge in [0.15, 0.2) is 11.6 Å². The van der Waals surface area contributed by atoms with Crippen molar-refractivity contribution in [1.29, 1.82) is 0 Å².